The van der Waals surface area contributed by atoms with Crippen LogP contribution in [0.2, 0.25) is 0 Å². The fraction of sp³-hybridized carbons (Fsp3) is 0.417. The highest BCUT2D eigenvalue weighted by Crippen LogP contribution is 2.27. The Labute approximate surface area is 172 Å². The summed E-state index contributed by atoms with van der Waals surface area (Å²) in [5.41, 5.74) is 2.43. The molecule has 5 heteroatoms. The normalized spacial score (nSPS) is 18.4. The fourth-order valence-electron chi connectivity index (χ4n) is 4.50. The van der Waals surface area contributed by atoms with Crippen molar-refractivity contribution in [1.82, 2.24) is 14.9 Å². The van der Waals surface area contributed by atoms with Crippen LogP contribution in [-0.2, 0) is 6.54 Å². The number of likely N-dealkylation sites (tertiary alicyclic amines) is 1. The van der Waals surface area contributed by atoms with E-state index in [1.54, 1.807) is 0 Å². The molecule has 3 aromatic rings. The van der Waals surface area contributed by atoms with Crippen LogP contribution in [0.5, 0.6) is 0 Å². The van der Waals surface area contributed by atoms with E-state index in [2.05, 4.69) is 69.7 Å². The predicted molar refractivity (Wildman–Crippen MR) is 119 cm³/mol. The van der Waals surface area contributed by atoms with Gasteiger partial charge in [-0.3, -0.25) is 4.90 Å². The molecule has 0 spiro atoms. The molecule has 2 aliphatic rings. The number of nitrogens with one attached hydrogen (secondary N) is 1. The summed E-state index contributed by atoms with van der Waals surface area (Å²) in [4.78, 5) is 14.7. The molecule has 1 aromatic heterocycles. The van der Waals surface area contributed by atoms with Crippen molar-refractivity contribution < 1.29 is 0 Å². The number of nitrogens with zero attached hydrogens (tertiary/aromatic N) is 4. The Morgan fingerprint density at radius 1 is 0.828 bits per heavy atom. The summed E-state index contributed by atoms with van der Waals surface area (Å²) in [6, 6.07) is 19.6. The first-order chi connectivity index (χ1) is 14.3. The second-order valence-electron chi connectivity index (χ2n) is 8.26. The van der Waals surface area contributed by atoms with Crippen LogP contribution in [0, 0.1) is 0 Å². The number of rotatable bonds is 5. The molecule has 2 aromatic carbocycles. The van der Waals surface area contributed by atoms with E-state index in [-0.39, 0.29) is 0 Å². The summed E-state index contributed by atoms with van der Waals surface area (Å²) >= 11 is 0. The van der Waals surface area contributed by atoms with E-state index < -0.39 is 0 Å². The molecule has 3 heterocycles. The highest BCUT2D eigenvalue weighted by atomic mass is 15.3. The van der Waals surface area contributed by atoms with E-state index in [1.807, 2.05) is 0 Å². The van der Waals surface area contributed by atoms with Gasteiger partial charge in [0.1, 0.15) is 5.82 Å². The third-order valence-electron chi connectivity index (χ3n) is 6.16. The molecule has 2 aliphatic heterocycles. The second kappa shape index (κ2) is 8.37. The lowest BCUT2D eigenvalue weighted by atomic mass is 10.0. The van der Waals surface area contributed by atoms with Gasteiger partial charge in [0, 0.05) is 44.2 Å². The molecular formula is C24H29N5. The van der Waals surface area contributed by atoms with Crippen LogP contribution in [0.25, 0.3) is 10.9 Å². The molecule has 0 amide bonds. The van der Waals surface area contributed by atoms with Crippen LogP contribution in [-0.4, -0.2) is 47.1 Å². The molecule has 1 N–H and O–H groups in total. The molecule has 29 heavy (non-hydrogen) atoms. The van der Waals surface area contributed by atoms with Crippen LogP contribution >= 0.6 is 0 Å². The fourth-order valence-corrected chi connectivity index (χ4v) is 4.50. The zero-order chi connectivity index (χ0) is 19.5. The van der Waals surface area contributed by atoms with Crippen LogP contribution in [0.15, 0.2) is 54.6 Å². The Kier molecular flexibility index (Phi) is 5.31. The molecule has 5 rings (SSSR count). The number of fused-ring (bicyclic) bond motifs is 1. The van der Waals surface area contributed by atoms with Gasteiger partial charge in [-0.2, -0.15) is 4.98 Å². The Balaban J connectivity index is 1.29. The van der Waals surface area contributed by atoms with Gasteiger partial charge in [-0.25, -0.2) is 4.98 Å². The predicted octanol–water partition coefficient (Wildman–Crippen LogP) is 4.31. The summed E-state index contributed by atoms with van der Waals surface area (Å²) in [6.45, 7) is 5.41. The molecule has 0 radical (unpaired) electrons. The second-order valence-corrected chi connectivity index (χ2v) is 8.26. The number of para-hydroxylation sites is 1. The first-order valence-electron chi connectivity index (χ1n) is 10.9. The highest BCUT2D eigenvalue weighted by molar-refractivity contribution is 5.90. The maximum Gasteiger partial charge on any atom is 0.227 e. The lowest BCUT2D eigenvalue weighted by Gasteiger charge is -2.33. The SMILES string of the molecule is c1ccc(CN2CCC(Nc3nc(N4CCCC4)nc4ccccc34)CC2)cc1. The van der Waals surface area contributed by atoms with Crippen molar-refractivity contribution in [3.63, 3.8) is 0 Å². The number of hydrogen-bond donors (Lipinski definition) is 1. The Bertz CT molecular complexity index is 944. The minimum Gasteiger partial charge on any atom is -0.367 e. The van der Waals surface area contributed by atoms with Gasteiger partial charge in [0.05, 0.1) is 5.52 Å². The highest BCUT2D eigenvalue weighted by Gasteiger charge is 2.22. The average Bonchev–Trinajstić information content (AvgIpc) is 3.31. The Hall–Kier alpha value is -2.66. The van der Waals surface area contributed by atoms with Crippen molar-refractivity contribution in [3.8, 4) is 0 Å². The molecule has 2 saturated heterocycles. The van der Waals surface area contributed by atoms with E-state index in [9.17, 15) is 0 Å². The van der Waals surface area contributed by atoms with Crippen LogP contribution in [0.4, 0.5) is 11.8 Å². The van der Waals surface area contributed by atoms with Crippen molar-refractivity contribution in [2.75, 3.05) is 36.4 Å². The standard InChI is InChI=1S/C24H29N5/c1-2-8-19(9-3-1)18-28-16-12-20(13-17-28)25-23-21-10-4-5-11-22(21)26-24(27-23)29-14-6-7-15-29/h1-5,8-11,20H,6-7,12-18H2,(H,25,26,27). The van der Waals surface area contributed by atoms with E-state index in [4.69, 9.17) is 9.97 Å². The minimum absolute atomic E-state index is 0.465. The first kappa shape index (κ1) is 18.4. The third-order valence-corrected chi connectivity index (χ3v) is 6.16. The molecular weight excluding hydrogens is 358 g/mol. The van der Waals surface area contributed by atoms with E-state index in [0.29, 0.717) is 6.04 Å². The van der Waals surface area contributed by atoms with Crippen LogP contribution in [0.3, 0.4) is 0 Å². The summed E-state index contributed by atoms with van der Waals surface area (Å²) in [5.74, 6) is 1.88. The zero-order valence-electron chi connectivity index (χ0n) is 16.9. The molecule has 150 valence electrons. The number of piperidine rings is 1. The molecule has 0 aliphatic carbocycles. The summed E-state index contributed by atoms with van der Waals surface area (Å²) in [7, 11) is 0. The molecule has 0 bridgehead atoms. The lowest BCUT2D eigenvalue weighted by molar-refractivity contribution is 0.211. The number of benzene rings is 2. The molecule has 0 saturated carbocycles. The van der Waals surface area contributed by atoms with Gasteiger partial charge in [-0.15, -0.1) is 0 Å². The average molecular weight is 388 g/mol. The first-order valence-corrected chi connectivity index (χ1v) is 10.9. The number of aromatic nitrogens is 2. The van der Waals surface area contributed by atoms with Gasteiger partial charge >= 0.3 is 0 Å². The number of hydrogen-bond acceptors (Lipinski definition) is 5. The van der Waals surface area contributed by atoms with Gasteiger partial charge in [0.15, 0.2) is 0 Å². The van der Waals surface area contributed by atoms with E-state index >= 15 is 0 Å². The summed E-state index contributed by atoms with van der Waals surface area (Å²) in [5, 5.41) is 4.89. The van der Waals surface area contributed by atoms with E-state index in [1.165, 1.54) is 18.4 Å². The monoisotopic (exact) mass is 387 g/mol. The van der Waals surface area contributed by atoms with Crippen molar-refractivity contribution in [2.24, 2.45) is 0 Å². The van der Waals surface area contributed by atoms with Gasteiger partial charge in [0.2, 0.25) is 5.95 Å². The smallest absolute Gasteiger partial charge is 0.227 e. The number of anilines is 2. The summed E-state index contributed by atoms with van der Waals surface area (Å²) < 4.78 is 0. The van der Waals surface area contributed by atoms with Gasteiger partial charge < -0.3 is 10.2 Å². The van der Waals surface area contributed by atoms with Gasteiger partial charge in [-0.1, -0.05) is 42.5 Å². The Morgan fingerprint density at radius 2 is 1.55 bits per heavy atom. The van der Waals surface area contributed by atoms with Gasteiger partial charge in [-0.05, 0) is 43.4 Å². The van der Waals surface area contributed by atoms with E-state index in [0.717, 1.165) is 68.2 Å². The van der Waals surface area contributed by atoms with Gasteiger partial charge in [0.25, 0.3) is 0 Å². The molecule has 2 fully saturated rings. The zero-order valence-corrected chi connectivity index (χ0v) is 16.9. The topological polar surface area (TPSA) is 44.3 Å². The van der Waals surface area contributed by atoms with Crippen LogP contribution < -0.4 is 10.2 Å². The van der Waals surface area contributed by atoms with Crippen LogP contribution in [0.1, 0.15) is 31.2 Å². The van der Waals surface area contributed by atoms with Crippen molar-refractivity contribution in [3.05, 3.63) is 60.2 Å². The minimum atomic E-state index is 0.465. The summed E-state index contributed by atoms with van der Waals surface area (Å²) in [6.07, 6.45) is 4.76. The van der Waals surface area contributed by atoms with Crippen molar-refractivity contribution in [2.45, 2.75) is 38.3 Å². The molecule has 0 unspecified atom stereocenters. The molecule has 5 nitrogen and oxygen atoms in total. The maximum absolute atomic E-state index is 4.95. The maximum atomic E-state index is 4.95. The largest absolute Gasteiger partial charge is 0.367 e. The van der Waals surface area contributed by atoms with Crippen molar-refractivity contribution >= 4 is 22.7 Å². The quantitative estimate of drug-likeness (QED) is 0.707. The third kappa shape index (κ3) is 4.20. The molecule has 0 atom stereocenters. The van der Waals surface area contributed by atoms with Crippen molar-refractivity contribution in [1.29, 1.82) is 0 Å². The Morgan fingerprint density at radius 3 is 2.34 bits per heavy atom. The lowest BCUT2D eigenvalue weighted by Crippen LogP contribution is -2.38.